The second kappa shape index (κ2) is 18.5. The number of unbranched alkanes of at least 4 members (excludes halogenated alkanes) is 1. The number of benzene rings is 2. The van der Waals surface area contributed by atoms with Gasteiger partial charge in [-0.3, -0.25) is 19.3 Å². The molecule has 4 heterocycles. The van der Waals surface area contributed by atoms with Gasteiger partial charge < -0.3 is 33.7 Å². The number of fused-ring (bicyclic) bond motifs is 4. The van der Waals surface area contributed by atoms with Gasteiger partial charge in [0.2, 0.25) is 0 Å². The Hall–Kier alpha value is -3.96. The zero-order valence-electron chi connectivity index (χ0n) is 37.6. The van der Waals surface area contributed by atoms with E-state index in [4.69, 9.17) is 23.7 Å². The highest BCUT2D eigenvalue weighted by Gasteiger charge is 2.70. The molecule has 13 atom stereocenters. The van der Waals surface area contributed by atoms with Crippen LogP contribution in [-0.4, -0.2) is 113 Å². The molecule has 348 valence electrons. The molecule has 1 spiro atoms. The molecule has 2 aromatic rings. The number of hydrogen-bond acceptors (Lipinski definition) is 11. The number of hydrogen-bond donors (Lipinski definition) is 1. The Morgan fingerprint density at radius 1 is 0.968 bits per heavy atom. The number of nitrogens with zero attached hydrogens (tertiary/aromatic N) is 2. The first-order valence-corrected chi connectivity index (χ1v) is 22.0. The summed E-state index contributed by atoms with van der Waals surface area (Å²) < 4.78 is 87.7. The Morgan fingerprint density at radius 3 is 2.29 bits per heavy atom. The fraction of sp³-hybridized carbons (Fsp3) is 0.660. The van der Waals surface area contributed by atoms with Gasteiger partial charge in [-0.05, 0) is 78.0 Å². The topological polar surface area (TPSA) is 141 Å². The van der Waals surface area contributed by atoms with E-state index in [1.165, 1.54) is 32.0 Å². The summed E-state index contributed by atoms with van der Waals surface area (Å²) in [6.07, 6.45) is -8.20. The predicted molar refractivity (Wildman–Crippen MR) is 221 cm³/mol. The molecule has 12 nitrogen and oxygen atoms in total. The van der Waals surface area contributed by atoms with Crippen LogP contribution in [0, 0.1) is 29.5 Å². The number of Topliss-reactive ketones (excluding diaryl/α,β-unsaturated/α-hetero) is 2. The minimum atomic E-state index is -4.92. The SMILES string of the molecule is CCC1OC(=O)[C@H](C)C(=O)[C@H](C)[C@@]2(O[C@@H]3OC2C[C@H](N(C)Cc2cccc(C(F)(F)F)c2F)[C@H]3O)[C@](C)(OC)C[C@@H](C)C(=O)[C@H](C)[C@H]2N(CCCCc3ccccc3)C(=O)O[C@]12C. The minimum Gasteiger partial charge on any atom is -0.458 e. The van der Waals surface area contributed by atoms with Crippen molar-refractivity contribution in [3.8, 4) is 0 Å². The number of aliphatic hydroxyl groups excluding tert-OH is 1. The number of aryl methyl sites for hydroxylation is 1. The Bertz CT molecular complexity index is 2010. The zero-order chi connectivity index (χ0) is 46.4. The van der Waals surface area contributed by atoms with E-state index >= 15 is 4.39 Å². The van der Waals surface area contributed by atoms with Crippen molar-refractivity contribution in [3.63, 3.8) is 0 Å². The number of ketones is 2. The maximum atomic E-state index is 15.2. The largest absolute Gasteiger partial charge is 0.458 e. The third kappa shape index (κ3) is 8.79. The Kier molecular flexibility index (Phi) is 14.2. The summed E-state index contributed by atoms with van der Waals surface area (Å²) in [6, 6.07) is 11.2. The van der Waals surface area contributed by atoms with Crippen molar-refractivity contribution in [1.82, 2.24) is 9.80 Å². The number of amides is 1. The van der Waals surface area contributed by atoms with E-state index in [1.54, 1.807) is 46.4 Å². The fourth-order valence-corrected chi connectivity index (χ4v) is 11.0. The van der Waals surface area contributed by atoms with E-state index < -0.39 is 113 Å². The van der Waals surface area contributed by atoms with Crippen molar-refractivity contribution in [2.45, 2.75) is 153 Å². The number of halogens is 4. The lowest BCUT2D eigenvalue weighted by Crippen LogP contribution is -2.66. The molecule has 6 rings (SSSR count). The van der Waals surface area contributed by atoms with E-state index in [9.17, 15) is 37.5 Å². The number of aliphatic hydroxyl groups is 1. The monoisotopic (exact) mass is 890 g/mol. The lowest BCUT2D eigenvalue weighted by Gasteiger charge is -2.51. The molecule has 2 unspecified atom stereocenters. The molecule has 16 heteroatoms. The molecule has 1 amide bonds. The average molecular weight is 891 g/mol. The third-order valence-electron chi connectivity index (χ3n) is 14.5. The van der Waals surface area contributed by atoms with Gasteiger partial charge >= 0.3 is 18.2 Å². The van der Waals surface area contributed by atoms with Gasteiger partial charge in [-0.1, -0.05) is 70.2 Å². The fourth-order valence-electron chi connectivity index (χ4n) is 11.0. The van der Waals surface area contributed by atoms with Crippen LogP contribution < -0.4 is 0 Å². The van der Waals surface area contributed by atoms with Crippen LogP contribution >= 0.6 is 0 Å². The number of methoxy groups -OCH3 is 1. The van der Waals surface area contributed by atoms with Crippen molar-refractivity contribution in [3.05, 3.63) is 71.0 Å². The summed E-state index contributed by atoms with van der Waals surface area (Å²) in [6.45, 7) is 11.6. The first-order valence-electron chi connectivity index (χ1n) is 22.0. The molecule has 0 aliphatic carbocycles. The van der Waals surface area contributed by atoms with Crippen LogP contribution in [0.25, 0.3) is 0 Å². The number of rotatable bonds is 10. The van der Waals surface area contributed by atoms with E-state index in [0.717, 1.165) is 24.5 Å². The number of cyclic esters (lactones) is 1. The van der Waals surface area contributed by atoms with Gasteiger partial charge in [-0.15, -0.1) is 0 Å². The van der Waals surface area contributed by atoms with Crippen LogP contribution in [-0.2, 0) is 57.2 Å². The first-order chi connectivity index (χ1) is 29.6. The lowest BCUT2D eigenvalue weighted by atomic mass is 9.64. The van der Waals surface area contributed by atoms with E-state index in [0.29, 0.717) is 12.5 Å². The molecule has 0 aromatic heterocycles. The maximum Gasteiger partial charge on any atom is 0.419 e. The van der Waals surface area contributed by atoms with Gasteiger partial charge in [0.15, 0.2) is 17.7 Å². The number of likely N-dealkylation sites (N-methyl/N-ethyl adjacent to an activating group) is 1. The molecule has 1 N–H and O–H groups in total. The zero-order valence-corrected chi connectivity index (χ0v) is 37.6. The molecule has 4 aliphatic heterocycles. The number of alkyl halides is 3. The molecular formula is C47H62F4N2O10. The highest BCUT2D eigenvalue weighted by atomic mass is 19.4. The summed E-state index contributed by atoms with van der Waals surface area (Å²) >= 11 is 0. The van der Waals surface area contributed by atoms with Gasteiger partial charge in [0, 0.05) is 43.6 Å². The Balaban J connectivity index is 1.35. The summed E-state index contributed by atoms with van der Waals surface area (Å²) in [4.78, 5) is 60.8. The van der Waals surface area contributed by atoms with Crippen molar-refractivity contribution in [1.29, 1.82) is 0 Å². The van der Waals surface area contributed by atoms with Crippen molar-refractivity contribution < 1.29 is 65.5 Å². The second-order valence-electron chi connectivity index (χ2n) is 18.4. The summed E-state index contributed by atoms with van der Waals surface area (Å²) in [5.74, 6) is -7.35. The van der Waals surface area contributed by atoms with Crippen LogP contribution in [0.1, 0.15) is 97.3 Å². The number of carbonyl (C=O) groups excluding carboxylic acids is 4. The van der Waals surface area contributed by atoms with E-state index in [1.807, 2.05) is 30.3 Å². The minimum absolute atomic E-state index is 0.0335. The van der Waals surface area contributed by atoms with Crippen LogP contribution in [0.2, 0.25) is 0 Å². The first kappa shape index (κ1) is 48.5. The second-order valence-corrected chi connectivity index (χ2v) is 18.4. The van der Waals surface area contributed by atoms with Crippen LogP contribution in [0.15, 0.2) is 48.5 Å². The Morgan fingerprint density at radius 2 is 1.65 bits per heavy atom. The van der Waals surface area contributed by atoms with Gasteiger partial charge in [0.05, 0.1) is 29.2 Å². The summed E-state index contributed by atoms with van der Waals surface area (Å²) in [5, 5.41) is 11.8. The number of ether oxygens (including phenoxy) is 5. The molecule has 0 radical (unpaired) electrons. The molecule has 2 aromatic carbocycles. The molecule has 4 aliphatic rings. The van der Waals surface area contributed by atoms with Gasteiger partial charge in [-0.25, -0.2) is 9.18 Å². The van der Waals surface area contributed by atoms with Crippen molar-refractivity contribution >= 4 is 23.6 Å². The normalized spacial score (nSPS) is 36.7. The van der Waals surface area contributed by atoms with Crippen LogP contribution in [0.5, 0.6) is 0 Å². The highest BCUT2D eigenvalue weighted by molar-refractivity contribution is 6.00. The molecular weight excluding hydrogens is 829 g/mol. The van der Waals surface area contributed by atoms with E-state index in [-0.39, 0.29) is 43.7 Å². The smallest absolute Gasteiger partial charge is 0.419 e. The molecule has 4 saturated heterocycles. The molecule has 2 bridgehead atoms. The predicted octanol–water partition coefficient (Wildman–Crippen LogP) is 7.31. The summed E-state index contributed by atoms with van der Waals surface area (Å²) in [7, 11) is 2.94. The van der Waals surface area contributed by atoms with Crippen LogP contribution in [0.3, 0.4) is 0 Å². The summed E-state index contributed by atoms with van der Waals surface area (Å²) in [5.41, 5.74) is -5.25. The maximum absolute atomic E-state index is 15.2. The number of esters is 1. The van der Waals surface area contributed by atoms with E-state index in [2.05, 4.69) is 0 Å². The number of carbonyl (C=O) groups is 4. The van der Waals surface area contributed by atoms with Crippen LogP contribution in [0.4, 0.5) is 22.4 Å². The quantitative estimate of drug-likeness (QED) is 0.111. The highest BCUT2D eigenvalue weighted by Crippen LogP contribution is 2.54. The molecule has 4 fully saturated rings. The third-order valence-corrected chi connectivity index (χ3v) is 14.5. The molecule has 0 saturated carbocycles. The van der Waals surface area contributed by atoms with Gasteiger partial charge in [0.25, 0.3) is 0 Å². The molecule has 63 heavy (non-hydrogen) atoms. The van der Waals surface area contributed by atoms with Gasteiger partial charge in [0.1, 0.15) is 35.3 Å². The van der Waals surface area contributed by atoms with Crippen molar-refractivity contribution in [2.24, 2.45) is 23.7 Å². The Labute approximate surface area is 366 Å². The van der Waals surface area contributed by atoms with Crippen molar-refractivity contribution in [2.75, 3.05) is 20.7 Å². The standard InChI is InChI=1S/C47H62F4N2O10/c1-10-34-45(7)40(53(43(58)63-45)22-15-14-19-30-17-12-11-13-18-30)27(3)37(54)26(2)24-44(6,59-9)46(29(5)38(55)28(4)41(57)60-34)35-23-33(39(56)42(61-35)62-46)52(8)25-31-20-16-21-32(36(31)48)47(49,50)51/h11-13,16-18,20-21,26-29,33-35,39-40,42,56H,10,14-15,19,22-25H2,1-9H3/t26-,27+,28-,29+,33+,34?,35?,39-,40-,42+,44-,45-,46+/m1/s1. The van der Waals surface area contributed by atoms with Gasteiger partial charge in [-0.2, -0.15) is 13.2 Å². The average Bonchev–Trinajstić information content (AvgIpc) is 3.72. The lowest BCUT2D eigenvalue weighted by molar-refractivity contribution is -0.229.